The van der Waals surface area contributed by atoms with Crippen molar-refractivity contribution >= 4 is 28.6 Å². The monoisotopic (exact) mass is 547 g/mol. The van der Waals surface area contributed by atoms with Gasteiger partial charge in [0.1, 0.15) is 17.4 Å². The van der Waals surface area contributed by atoms with Gasteiger partial charge in [-0.25, -0.2) is 13.2 Å². The maximum Gasteiger partial charge on any atom is 0.255 e. The number of pyridine rings is 1. The fourth-order valence-electron chi connectivity index (χ4n) is 6.11. The number of nitrogens with one attached hydrogen (secondary N) is 2. The number of anilines is 1. The lowest BCUT2D eigenvalue weighted by Crippen LogP contribution is -2.52. The van der Waals surface area contributed by atoms with Crippen molar-refractivity contribution < 1.29 is 27.2 Å². The zero-order valence-electron chi connectivity index (χ0n) is 22.1. The second-order valence-corrected chi connectivity index (χ2v) is 11.0. The molecule has 0 spiro atoms. The molecule has 2 aromatic carbocycles. The lowest BCUT2D eigenvalue weighted by molar-refractivity contribution is -0.103. The van der Waals surface area contributed by atoms with Crippen molar-refractivity contribution in [2.75, 3.05) is 18.9 Å². The van der Waals surface area contributed by atoms with Crippen LogP contribution < -0.4 is 10.6 Å². The van der Waals surface area contributed by atoms with Gasteiger partial charge in [0.25, 0.3) is 12.3 Å². The van der Waals surface area contributed by atoms with Gasteiger partial charge in [0.2, 0.25) is 5.71 Å². The molecular formula is C31H28F3N3O3. The van der Waals surface area contributed by atoms with Crippen LogP contribution in [0.4, 0.5) is 19.0 Å². The molecule has 206 valence electrons. The molecule has 2 aromatic heterocycles. The minimum atomic E-state index is -2.64. The third-order valence-electron chi connectivity index (χ3n) is 8.22. The summed E-state index contributed by atoms with van der Waals surface area (Å²) in [7, 11) is 1.48. The molecule has 2 heterocycles. The highest BCUT2D eigenvalue weighted by molar-refractivity contribution is 6.11. The summed E-state index contributed by atoms with van der Waals surface area (Å²) in [5.74, 6) is 0.262. The van der Waals surface area contributed by atoms with Gasteiger partial charge in [-0.2, -0.15) is 4.98 Å². The first-order valence-electron chi connectivity index (χ1n) is 13.3. The van der Waals surface area contributed by atoms with Gasteiger partial charge in [-0.1, -0.05) is 12.1 Å². The van der Waals surface area contributed by atoms with Crippen LogP contribution in [0.25, 0.3) is 33.6 Å². The summed E-state index contributed by atoms with van der Waals surface area (Å²) in [6.07, 6.45) is 1.20. The molecule has 0 atom stereocenters. The molecule has 6 nitrogen and oxygen atoms in total. The minimum absolute atomic E-state index is 0.0606. The number of hydrogen-bond donors (Lipinski definition) is 2. The predicted molar refractivity (Wildman–Crippen MR) is 146 cm³/mol. The van der Waals surface area contributed by atoms with Gasteiger partial charge >= 0.3 is 0 Å². The Morgan fingerprint density at radius 2 is 1.77 bits per heavy atom. The lowest BCUT2D eigenvalue weighted by atomic mass is 9.43. The van der Waals surface area contributed by atoms with E-state index in [2.05, 4.69) is 15.6 Å². The maximum absolute atomic E-state index is 13.6. The molecule has 1 amide bonds. The topological polar surface area (TPSA) is 84.2 Å². The van der Waals surface area contributed by atoms with Crippen molar-refractivity contribution in [2.24, 2.45) is 11.3 Å². The van der Waals surface area contributed by atoms with Gasteiger partial charge in [0, 0.05) is 30.2 Å². The summed E-state index contributed by atoms with van der Waals surface area (Å²) >= 11 is 0. The Hall–Kier alpha value is -4.14. The number of aromatic nitrogens is 1. The number of aryl methyl sites for hydroxylation is 1. The SMILES string of the molecule is CNC(=O)c1c(-c2ccc(F)cc2)oc2nc(NCC(F)F)c(-c3ccc(C)c(C(=O)CC45CC(C4)C5)c3)cc12. The van der Waals surface area contributed by atoms with Crippen LogP contribution in [0.2, 0.25) is 0 Å². The van der Waals surface area contributed by atoms with Gasteiger partial charge in [-0.05, 0) is 85.0 Å². The highest BCUT2D eigenvalue weighted by Gasteiger charge is 2.56. The maximum atomic E-state index is 13.6. The van der Waals surface area contributed by atoms with Crippen LogP contribution in [0.5, 0.6) is 0 Å². The second kappa shape index (κ2) is 9.80. The molecule has 3 saturated carbocycles. The number of ketones is 1. The van der Waals surface area contributed by atoms with Crippen LogP contribution in [-0.2, 0) is 0 Å². The number of nitrogens with zero attached hydrogens (tertiary/aromatic N) is 1. The quantitative estimate of drug-likeness (QED) is 0.220. The number of amides is 1. The first-order chi connectivity index (χ1) is 19.2. The lowest BCUT2D eigenvalue weighted by Gasteiger charge is -2.62. The zero-order valence-corrected chi connectivity index (χ0v) is 22.1. The van der Waals surface area contributed by atoms with Gasteiger partial charge in [-0.3, -0.25) is 9.59 Å². The van der Waals surface area contributed by atoms with E-state index in [9.17, 15) is 22.8 Å². The van der Waals surface area contributed by atoms with E-state index < -0.39 is 24.7 Å². The number of carbonyl (C=O) groups excluding carboxylic acids is 2. The molecule has 3 aliphatic carbocycles. The number of furan rings is 1. The first-order valence-corrected chi connectivity index (χ1v) is 13.3. The van der Waals surface area contributed by atoms with Crippen molar-refractivity contribution in [3.63, 3.8) is 0 Å². The molecule has 0 unspecified atom stereocenters. The predicted octanol–water partition coefficient (Wildman–Crippen LogP) is 7.02. The molecule has 2 bridgehead atoms. The van der Waals surface area contributed by atoms with Crippen LogP contribution in [0.15, 0.2) is 52.9 Å². The van der Waals surface area contributed by atoms with E-state index in [1.165, 1.54) is 31.3 Å². The Morgan fingerprint density at radius 3 is 2.40 bits per heavy atom. The van der Waals surface area contributed by atoms with Crippen LogP contribution in [0.1, 0.15) is 52.0 Å². The molecule has 4 aromatic rings. The Bertz CT molecular complexity index is 1630. The van der Waals surface area contributed by atoms with E-state index >= 15 is 0 Å². The third-order valence-corrected chi connectivity index (χ3v) is 8.22. The Balaban J connectivity index is 1.49. The molecule has 2 N–H and O–H groups in total. The van der Waals surface area contributed by atoms with E-state index in [0.29, 0.717) is 34.1 Å². The van der Waals surface area contributed by atoms with Crippen LogP contribution in [-0.4, -0.2) is 36.7 Å². The molecule has 9 heteroatoms. The molecule has 0 radical (unpaired) electrons. The van der Waals surface area contributed by atoms with Crippen molar-refractivity contribution in [3.8, 4) is 22.5 Å². The van der Waals surface area contributed by atoms with E-state index in [1.54, 1.807) is 12.1 Å². The number of carbonyl (C=O) groups is 2. The van der Waals surface area contributed by atoms with Gasteiger partial charge < -0.3 is 15.1 Å². The fraction of sp³-hybridized carbons (Fsp3) is 0.323. The molecule has 3 aliphatic rings. The van der Waals surface area contributed by atoms with Gasteiger partial charge in [-0.15, -0.1) is 0 Å². The van der Waals surface area contributed by atoms with E-state index in [4.69, 9.17) is 4.42 Å². The van der Waals surface area contributed by atoms with Crippen molar-refractivity contribution in [3.05, 3.63) is 71.0 Å². The number of alkyl halides is 2. The normalized spacial score (nSPS) is 19.3. The second-order valence-electron chi connectivity index (χ2n) is 11.0. The molecule has 7 rings (SSSR count). The summed E-state index contributed by atoms with van der Waals surface area (Å²) in [4.78, 5) is 30.9. The molecule has 3 fully saturated rings. The number of benzene rings is 2. The average molecular weight is 548 g/mol. The fourth-order valence-corrected chi connectivity index (χ4v) is 6.11. The summed E-state index contributed by atoms with van der Waals surface area (Å²) in [6.45, 7) is 1.23. The number of halogens is 3. The largest absolute Gasteiger partial charge is 0.437 e. The van der Waals surface area contributed by atoms with Gasteiger partial charge in [0.15, 0.2) is 5.78 Å². The summed E-state index contributed by atoms with van der Waals surface area (Å²) in [5, 5.41) is 5.66. The molecule has 0 aliphatic heterocycles. The highest BCUT2D eigenvalue weighted by atomic mass is 19.3. The van der Waals surface area contributed by atoms with Crippen LogP contribution >= 0.6 is 0 Å². The number of hydrogen-bond acceptors (Lipinski definition) is 5. The molecule has 40 heavy (non-hydrogen) atoms. The first kappa shape index (κ1) is 26.1. The summed E-state index contributed by atoms with van der Waals surface area (Å²) in [5.41, 5.74) is 3.32. The zero-order chi connectivity index (χ0) is 28.2. The average Bonchev–Trinajstić information content (AvgIpc) is 3.26. The third kappa shape index (κ3) is 4.53. The van der Waals surface area contributed by atoms with Crippen molar-refractivity contribution in [1.29, 1.82) is 0 Å². The smallest absolute Gasteiger partial charge is 0.255 e. The summed E-state index contributed by atoms with van der Waals surface area (Å²) < 4.78 is 46.0. The van der Waals surface area contributed by atoms with E-state index in [0.717, 1.165) is 30.7 Å². The van der Waals surface area contributed by atoms with Crippen LogP contribution in [0, 0.1) is 24.1 Å². The van der Waals surface area contributed by atoms with E-state index in [-0.39, 0.29) is 34.1 Å². The van der Waals surface area contributed by atoms with Crippen molar-refractivity contribution in [1.82, 2.24) is 10.3 Å². The van der Waals surface area contributed by atoms with Crippen LogP contribution in [0.3, 0.4) is 0 Å². The molecule has 0 saturated heterocycles. The van der Waals surface area contributed by atoms with Gasteiger partial charge in [0.05, 0.1) is 17.5 Å². The Morgan fingerprint density at radius 1 is 1.07 bits per heavy atom. The number of Topliss-reactive ketones (excluding diaryl/α,β-unsaturated/α-hetero) is 1. The standard InChI is InChI=1S/C31H28F3N3O3/c1-16-3-4-19(9-21(16)24(38)14-31-11-17(12-31)13-31)22-10-23-26(29(39)35-2)27(18-5-7-20(32)8-6-18)40-30(23)37-28(22)36-15-25(33)34/h3-10,17,25H,11-15H2,1-2H3,(H,35,39)(H,36,37). The van der Waals surface area contributed by atoms with Crippen molar-refractivity contribution in [2.45, 2.75) is 39.0 Å². The Kier molecular flexibility index (Phi) is 6.40. The highest BCUT2D eigenvalue weighted by Crippen LogP contribution is 2.66. The molecular weight excluding hydrogens is 519 g/mol. The number of rotatable bonds is 9. The number of fused-ring (bicyclic) bond motifs is 1. The summed E-state index contributed by atoms with van der Waals surface area (Å²) in [6, 6.07) is 12.6. The van der Waals surface area contributed by atoms with E-state index in [1.807, 2.05) is 19.1 Å². The Labute approximate surface area is 229 Å². The minimum Gasteiger partial charge on any atom is -0.437 e.